The number of nitrogens with zero attached hydrogens (tertiary/aromatic N) is 1. The number of carbonyl (C=O) groups excluding carboxylic acids is 1. The number of carbonyl (C=O) groups is 1. The monoisotopic (exact) mass is 264 g/mol. The van der Waals surface area contributed by atoms with Gasteiger partial charge in [-0.05, 0) is 19.1 Å². The lowest BCUT2D eigenvalue weighted by Gasteiger charge is -2.03. The number of hydrogen-bond donors (Lipinski definition) is 1. The first-order chi connectivity index (χ1) is 9.65. The number of rotatable bonds is 2. The number of para-hydroxylation sites is 1. The van der Waals surface area contributed by atoms with E-state index in [1.807, 2.05) is 19.1 Å². The molecule has 2 aromatic carbocycles. The van der Waals surface area contributed by atoms with Crippen LogP contribution < -0.4 is 5.56 Å². The van der Waals surface area contributed by atoms with Gasteiger partial charge in [-0.25, -0.2) is 4.98 Å². The maximum absolute atomic E-state index is 12.3. The number of aromatic nitrogens is 2. The minimum absolute atomic E-state index is 0.0672. The zero-order chi connectivity index (χ0) is 14.1. The Bertz CT molecular complexity index is 848. The Hall–Kier alpha value is -2.75. The SMILES string of the molecule is Cc1ccc(C(=O)c2nc3ccccc3c(=O)[nH]2)cc1. The van der Waals surface area contributed by atoms with Crippen molar-refractivity contribution >= 4 is 16.7 Å². The summed E-state index contributed by atoms with van der Waals surface area (Å²) in [6, 6.07) is 14.1. The summed E-state index contributed by atoms with van der Waals surface area (Å²) in [6.07, 6.45) is 0. The molecule has 0 aliphatic heterocycles. The molecule has 0 aliphatic rings. The predicted octanol–water partition coefficient (Wildman–Crippen LogP) is 2.46. The zero-order valence-electron chi connectivity index (χ0n) is 10.9. The van der Waals surface area contributed by atoms with Crippen molar-refractivity contribution in [1.29, 1.82) is 0 Å². The number of ketones is 1. The second-order valence-corrected chi connectivity index (χ2v) is 4.63. The second kappa shape index (κ2) is 4.74. The first-order valence-electron chi connectivity index (χ1n) is 6.25. The van der Waals surface area contributed by atoms with Crippen molar-refractivity contribution in [3.8, 4) is 0 Å². The molecule has 0 saturated carbocycles. The van der Waals surface area contributed by atoms with Gasteiger partial charge in [-0.1, -0.05) is 42.0 Å². The number of aryl methyl sites for hydroxylation is 1. The maximum Gasteiger partial charge on any atom is 0.259 e. The van der Waals surface area contributed by atoms with Gasteiger partial charge in [0.15, 0.2) is 5.82 Å². The molecule has 20 heavy (non-hydrogen) atoms. The van der Waals surface area contributed by atoms with Gasteiger partial charge in [0.1, 0.15) is 0 Å². The van der Waals surface area contributed by atoms with Crippen LogP contribution in [0.5, 0.6) is 0 Å². The van der Waals surface area contributed by atoms with Gasteiger partial charge < -0.3 is 4.98 Å². The van der Waals surface area contributed by atoms with E-state index in [0.29, 0.717) is 16.5 Å². The lowest BCUT2D eigenvalue weighted by atomic mass is 10.1. The summed E-state index contributed by atoms with van der Waals surface area (Å²) in [4.78, 5) is 31.0. The average Bonchev–Trinajstić information content (AvgIpc) is 2.47. The highest BCUT2D eigenvalue weighted by molar-refractivity contribution is 6.07. The van der Waals surface area contributed by atoms with Gasteiger partial charge in [0, 0.05) is 5.56 Å². The third-order valence-corrected chi connectivity index (χ3v) is 3.14. The molecule has 98 valence electrons. The lowest BCUT2D eigenvalue weighted by molar-refractivity contribution is 0.102. The van der Waals surface area contributed by atoms with Crippen molar-refractivity contribution in [3.05, 3.63) is 75.8 Å². The van der Waals surface area contributed by atoms with Gasteiger partial charge in [-0.2, -0.15) is 0 Å². The van der Waals surface area contributed by atoms with Crippen molar-refractivity contribution < 1.29 is 4.79 Å². The number of nitrogens with one attached hydrogen (secondary N) is 1. The predicted molar refractivity (Wildman–Crippen MR) is 77.0 cm³/mol. The molecule has 3 rings (SSSR count). The molecule has 1 aromatic heterocycles. The van der Waals surface area contributed by atoms with Crippen LogP contribution in [0.25, 0.3) is 10.9 Å². The number of H-pyrrole nitrogens is 1. The molecule has 0 amide bonds. The van der Waals surface area contributed by atoms with E-state index in [1.165, 1.54) is 0 Å². The van der Waals surface area contributed by atoms with E-state index in [0.717, 1.165) is 5.56 Å². The molecule has 0 saturated heterocycles. The standard InChI is InChI=1S/C16H12N2O2/c1-10-6-8-11(9-7-10)14(19)15-17-13-5-3-2-4-12(13)16(20)18-15/h2-9H,1H3,(H,17,18,20). The van der Waals surface area contributed by atoms with Crippen molar-refractivity contribution in [2.75, 3.05) is 0 Å². The number of benzene rings is 2. The Morgan fingerprint density at radius 3 is 2.50 bits per heavy atom. The molecule has 4 heteroatoms. The van der Waals surface area contributed by atoms with Crippen LogP contribution in [0, 0.1) is 6.92 Å². The van der Waals surface area contributed by atoms with Crippen LogP contribution in [0.3, 0.4) is 0 Å². The fourth-order valence-corrected chi connectivity index (χ4v) is 2.04. The molecule has 0 atom stereocenters. The summed E-state index contributed by atoms with van der Waals surface area (Å²) in [5.41, 5.74) is 1.80. The Kier molecular flexibility index (Phi) is 2.91. The van der Waals surface area contributed by atoms with Gasteiger partial charge in [0.05, 0.1) is 10.9 Å². The topological polar surface area (TPSA) is 62.8 Å². The first kappa shape index (κ1) is 12.3. The second-order valence-electron chi connectivity index (χ2n) is 4.63. The van der Waals surface area contributed by atoms with E-state index in [1.54, 1.807) is 36.4 Å². The van der Waals surface area contributed by atoms with Crippen LogP contribution in [0.4, 0.5) is 0 Å². The van der Waals surface area contributed by atoms with Crippen molar-refractivity contribution in [3.63, 3.8) is 0 Å². The van der Waals surface area contributed by atoms with E-state index in [2.05, 4.69) is 9.97 Å². The summed E-state index contributed by atoms with van der Waals surface area (Å²) >= 11 is 0. The molecular weight excluding hydrogens is 252 g/mol. The molecule has 4 nitrogen and oxygen atoms in total. The molecule has 0 fully saturated rings. The Balaban J connectivity index is 2.12. The van der Waals surface area contributed by atoms with E-state index in [-0.39, 0.29) is 17.2 Å². The van der Waals surface area contributed by atoms with Gasteiger partial charge in [0.2, 0.25) is 5.78 Å². The van der Waals surface area contributed by atoms with E-state index in [4.69, 9.17) is 0 Å². The first-order valence-corrected chi connectivity index (χ1v) is 6.25. The average molecular weight is 264 g/mol. The Morgan fingerprint density at radius 1 is 1.05 bits per heavy atom. The highest BCUT2D eigenvalue weighted by Gasteiger charge is 2.13. The number of hydrogen-bond acceptors (Lipinski definition) is 3. The van der Waals surface area contributed by atoms with E-state index >= 15 is 0 Å². The fraction of sp³-hybridized carbons (Fsp3) is 0.0625. The number of aromatic amines is 1. The molecule has 0 radical (unpaired) electrons. The third-order valence-electron chi connectivity index (χ3n) is 3.14. The number of fused-ring (bicyclic) bond motifs is 1. The highest BCUT2D eigenvalue weighted by atomic mass is 16.1. The molecule has 0 unspecified atom stereocenters. The molecule has 0 aliphatic carbocycles. The summed E-state index contributed by atoms with van der Waals surface area (Å²) in [5, 5.41) is 0.480. The van der Waals surface area contributed by atoms with Gasteiger partial charge in [-0.3, -0.25) is 9.59 Å². The summed E-state index contributed by atoms with van der Waals surface area (Å²) < 4.78 is 0. The molecule has 1 N–H and O–H groups in total. The van der Waals surface area contributed by atoms with Crippen LogP contribution in [-0.2, 0) is 0 Å². The molecule has 0 spiro atoms. The lowest BCUT2D eigenvalue weighted by Crippen LogP contribution is -2.16. The van der Waals surface area contributed by atoms with Crippen LogP contribution in [0.2, 0.25) is 0 Å². The normalized spacial score (nSPS) is 10.7. The summed E-state index contributed by atoms with van der Waals surface area (Å²) in [7, 11) is 0. The molecule has 3 aromatic rings. The van der Waals surface area contributed by atoms with Crippen molar-refractivity contribution in [2.24, 2.45) is 0 Å². The molecule has 0 bridgehead atoms. The largest absolute Gasteiger partial charge is 0.303 e. The molecular formula is C16H12N2O2. The zero-order valence-corrected chi connectivity index (χ0v) is 10.9. The molecule has 1 heterocycles. The van der Waals surface area contributed by atoms with Gasteiger partial charge in [0.25, 0.3) is 5.56 Å². The maximum atomic E-state index is 12.3. The Labute approximate surface area is 115 Å². The van der Waals surface area contributed by atoms with Crippen LogP contribution in [0.15, 0.2) is 53.3 Å². The summed E-state index contributed by atoms with van der Waals surface area (Å²) in [5.74, 6) is -0.217. The van der Waals surface area contributed by atoms with Gasteiger partial charge in [-0.15, -0.1) is 0 Å². The smallest absolute Gasteiger partial charge is 0.259 e. The highest BCUT2D eigenvalue weighted by Crippen LogP contribution is 2.10. The minimum atomic E-state index is -0.300. The third kappa shape index (κ3) is 2.12. The van der Waals surface area contributed by atoms with Crippen LogP contribution >= 0.6 is 0 Å². The van der Waals surface area contributed by atoms with Crippen molar-refractivity contribution in [2.45, 2.75) is 6.92 Å². The van der Waals surface area contributed by atoms with E-state index in [9.17, 15) is 9.59 Å². The quantitative estimate of drug-likeness (QED) is 0.723. The van der Waals surface area contributed by atoms with Crippen LogP contribution in [-0.4, -0.2) is 15.8 Å². The Morgan fingerprint density at radius 2 is 1.75 bits per heavy atom. The van der Waals surface area contributed by atoms with E-state index < -0.39 is 0 Å². The summed E-state index contributed by atoms with van der Waals surface area (Å²) in [6.45, 7) is 1.95. The van der Waals surface area contributed by atoms with Gasteiger partial charge >= 0.3 is 0 Å². The minimum Gasteiger partial charge on any atom is -0.303 e. The van der Waals surface area contributed by atoms with Crippen LogP contribution in [0.1, 0.15) is 21.7 Å². The van der Waals surface area contributed by atoms with Crippen molar-refractivity contribution in [1.82, 2.24) is 9.97 Å². The fourth-order valence-electron chi connectivity index (χ4n) is 2.04.